The lowest BCUT2D eigenvalue weighted by Gasteiger charge is -2.25. The van der Waals surface area contributed by atoms with Crippen molar-refractivity contribution in [2.45, 2.75) is 57.7 Å². The van der Waals surface area contributed by atoms with Gasteiger partial charge in [0.05, 0.1) is 6.04 Å². The third-order valence-corrected chi connectivity index (χ3v) is 4.96. The molecule has 1 fully saturated rings. The zero-order valence-electron chi connectivity index (χ0n) is 13.3. The number of urea groups is 1. The predicted octanol–water partition coefficient (Wildman–Crippen LogP) is 2.73. The maximum atomic E-state index is 12.2. The van der Waals surface area contributed by atoms with Gasteiger partial charge in [-0.1, -0.05) is 19.3 Å². The van der Waals surface area contributed by atoms with E-state index >= 15 is 0 Å². The van der Waals surface area contributed by atoms with Gasteiger partial charge in [0.1, 0.15) is 0 Å². The van der Waals surface area contributed by atoms with Gasteiger partial charge < -0.3 is 5.32 Å². The maximum absolute atomic E-state index is 12.2. The Morgan fingerprint density at radius 3 is 2.73 bits per heavy atom. The van der Waals surface area contributed by atoms with E-state index in [1.165, 1.54) is 12.0 Å². The van der Waals surface area contributed by atoms with Crippen LogP contribution in [0, 0.1) is 0 Å². The summed E-state index contributed by atoms with van der Waals surface area (Å²) in [5, 5.41) is 9.45. The van der Waals surface area contributed by atoms with Gasteiger partial charge in [-0.2, -0.15) is 11.3 Å². The molecule has 0 radical (unpaired) electrons. The fraction of sp³-hybridized carbons (Fsp3) is 0.625. The van der Waals surface area contributed by atoms with Crippen molar-refractivity contribution >= 4 is 23.3 Å². The zero-order valence-corrected chi connectivity index (χ0v) is 14.1. The van der Waals surface area contributed by atoms with E-state index in [0.717, 1.165) is 25.7 Å². The van der Waals surface area contributed by atoms with Crippen LogP contribution in [0.3, 0.4) is 0 Å². The third kappa shape index (κ3) is 5.10. The summed E-state index contributed by atoms with van der Waals surface area (Å²) in [6.45, 7) is 2.51. The molecule has 6 heteroatoms. The lowest BCUT2D eigenvalue weighted by Crippen LogP contribution is -2.50. The van der Waals surface area contributed by atoms with Gasteiger partial charge in [-0.3, -0.25) is 15.0 Å². The van der Waals surface area contributed by atoms with E-state index in [0.29, 0.717) is 6.54 Å². The predicted molar refractivity (Wildman–Crippen MR) is 88.8 cm³/mol. The SMILES string of the molecule is C[C@H](C(=O)NC(=O)NC1CCCCC1)N(C)Cc1ccsc1. The Kier molecular flexibility index (Phi) is 6.39. The molecule has 1 aromatic heterocycles. The van der Waals surface area contributed by atoms with E-state index in [2.05, 4.69) is 16.0 Å². The van der Waals surface area contributed by atoms with Crippen LogP contribution in [0.25, 0.3) is 0 Å². The molecular formula is C16H25N3O2S. The third-order valence-electron chi connectivity index (χ3n) is 4.23. The van der Waals surface area contributed by atoms with Gasteiger partial charge in [-0.15, -0.1) is 0 Å². The molecule has 0 aliphatic heterocycles. The van der Waals surface area contributed by atoms with E-state index in [1.54, 1.807) is 11.3 Å². The number of likely N-dealkylation sites (N-methyl/N-ethyl adjacent to an activating group) is 1. The monoisotopic (exact) mass is 323 g/mol. The molecule has 22 heavy (non-hydrogen) atoms. The minimum absolute atomic E-state index is 0.209. The Bertz CT molecular complexity index is 484. The van der Waals surface area contributed by atoms with Crippen LogP contribution in [0.2, 0.25) is 0 Å². The number of hydrogen-bond donors (Lipinski definition) is 2. The van der Waals surface area contributed by atoms with Gasteiger partial charge in [0, 0.05) is 12.6 Å². The Balaban J connectivity index is 1.76. The summed E-state index contributed by atoms with van der Waals surface area (Å²) in [7, 11) is 1.89. The van der Waals surface area contributed by atoms with E-state index in [4.69, 9.17) is 0 Å². The number of imide groups is 1. The minimum atomic E-state index is -0.368. The minimum Gasteiger partial charge on any atom is -0.335 e. The van der Waals surface area contributed by atoms with Crippen LogP contribution < -0.4 is 10.6 Å². The number of carbonyl (C=O) groups excluding carboxylic acids is 2. The van der Waals surface area contributed by atoms with E-state index in [-0.39, 0.29) is 24.0 Å². The smallest absolute Gasteiger partial charge is 0.321 e. The number of carbonyl (C=O) groups is 2. The van der Waals surface area contributed by atoms with Gasteiger partial charge in [0.2, 0.25) is 5.91 Å². The van der Waals surface area contributed by atoms with Crippen LogP contribution in [-0.4, -0.2) is 36.0 Å². The first-order valence-corrected chi connectivity index (χ1v) is 8.83. The highest BCUT2D eigenvalue weighted by Gasteiger charge is 2.22. The largest absolute Gasteiger partial charge is 0.335 e. The number of nitrogens with zero attached hydrogens (tertiary/aromatic N) is 1. The fourth-order valence-electron chi connectivity index (χ4n) is 2.69. The van der Waals surface area contributed by atoms with Gasteiger partial charge >= 0.3 is 6.03 Å². The van der Waals surface area contributed by atoms with Crippen molar-refractivity contribution in [3.63, 3.8) is 0 Å². The van der Waals surface area contributed by atoms with Crippen LogP contribution in [0.1, 0.15) is 44.6 Å². The summed E-state index contributed by atoms with van der Waals surface area (Å²) in [6.07, 6.45) is 5.56. The Morgan fingerprint density at radius 1 is 1.36 bits per heavy atom. The van der Waals surface area contributed by atoms with Crippen molar-refractivity contribution in [3.8, 4) is 0 Å². The normalized spacial score (nSPS) is 17.2. The van der Waals surface area contributed by atoms with Crippen LogP contribution in [-0.2, 0) is 11.3 Å². The lowest BCUT2D eigenvalue weighted by atomic mass is 9.96. The quantitative estimate of drug-likeness (QED) is 0.876. The number of amides is 3. The topological polar surface area (TPSA) is 61.4 Å². The highest BCUT2D eigenvalue weighted by Crippen LogP contribution is 2.17. The van der Waals surface area contributed by atoms with Crippen LogP contribution in [0.4, 0.5) is 4.79 Å². The van der Waals surface area contributed by atoms with E-state index in [9.17, 15) is 9.59 Å². The number of rotatable bonds is 5. The second-order valence-electron chi connectivity index (χ2n) is 6.02. The number of hydrogen-bond acceptors (Lipinski definition) is 4. The van der Waals surface area contributed by atoms with Crippen molar-refractivity contribution in [3.05, 3.63) is 22.4 Å². The molecular weight excluding hydrogens is 298 g/mol. The van der Waals surface area contributed by atoms with Crippen molar-refractivity contribution < 1.29 is 9.59 Å². The molecule has 1 aromatic rings. The molecule has 1 aliphatic rings. The molecule has 2 N–H and O–H groups in total. The average molecular weight is 323 g/mol. The first kappa shape index (κ1) is 17.0. The van der Waals surface area contributed by atoms with E-state index in [1.807, 2.05) is 30.3 Å². The van der Waals surface area contributed by atoms with Crippen molar-refractivity contribution in [2.24, 2.45) is 0 Å². The number of thiophene rings is 1. The standard InChI is InChI=1S/C16H25N3O2S/c1-12(19(2)10-13-8-9-22-11-13)15(20)18-16(21)17-14-6-4-3-5-7-14/h8-9,11-12,14H,3-7,10H2,1-2H3,(H2,17,18,20,21)/t12-/m1/s1. The molecule has 1 heterocycles. The van der Waals surface area contributed by atoms with Crippen LogP contribution in [0.15, 0.2) is 16.8 Å². The molecule has 5 nitrogen and oxygen atoms in total. The molecule has 2 rings (SSSR count). The summed E-state index contributed by atoms with van der Waals surface area (Å²) in [5.41, 5.74) is 1.18. The molecule has 0 unspecified atom stereocenters. The van der Waals surface area contributed by atoms with Crippen molar-refractivity contribution in [1.29, 1.82) is 0 Å². The fourth-order valence-corrected chi connectivity index (χ4v) is 3.35. The summed E-state index contributed by atoms with van der Waals surface area (Å²) in [5.74, 6) is -0.258. The molecule has 1 saturated carbocycles. The first-order chi connectivity index (χ1) is 10.6. The molecule has 1 aliphatic carbocycles. The molecule has 0 saturated heterocycles. The molecule has 1 atom stereocenters. The summed E-state index contributed by atoms with van der Waals surface area (Å²) in [6, 6.07) is 1.53. The first-order valence-electron chi connectivity index (χ1n) is 7.89. The Labute approximate surface area is 136 Å². The Hall–Kier alpha value is -1.40. The highest BCUT2D eigenvalue weighted by atomic mass is 32.1. The zero-order chi connectivity index (χ0) is 15.9. The van der Waals surface area contributed by atoms with Gasteiger partial charge in [0.15, 0.2) is 0 Å². The molecule has 0 bridgehead atoms. The van der Waals surface area contributed by atoms with Crippen molar-refractivity contribution in [1.82, 2.24) is 15.5 Å². The molecule has 0 spiro atoms. The van der Waals surface area contributed by atoms with Gasteiger partial charge in [-0.25, -0.2) is 4.79 Å². The van der Waals surface area contributed by atoms with Crippen molar-refractivity contribution in [2.75, 3.05) is 7.05 Å². The average Bonchev–Trinajstić information content (AvgIpc) is 3.00. The summed E-state index contributed by atoms with van der Waals surface area (Å²) < 4.78 is 0. The summed E-state index contributed by atoms with van der Waals surface area (Å²) >= 11 is 1.64. The molecule has 3 amide bonds. The highest BCUT2D eigenvalue weighted by molar-refractivity contribution is 7.07. The molecule has 122 valence electrons. The second kappa shape index (κ2) is 8.29. The second-order valence-corrected chi connectivity index (χ2v) is 6.80. The summed E-state index contributed by atoms with van der Waals surface area (Å²) in [4.78, 5) is 26.0. The van der Waals surface area contributed by atoms with Crippen LogP contribution >= 0.6 is 11.3 Å². The van der Waals surface area contributed by atoms with Gasteiger partial charge in [-0.05, 0) is 49.2 Å². The Morgan fingerprint density at radius 2 is 2.09 bits per heavy atom. The maximum Gasteiger partial charge on any atom is 0.321 e. The van der Waals surface area contributed by atoms with Crippen LogP contribution in [0.5, 0.6) is 0 Å². The van der Waals surface area contributed by atoms with E-state index < -0.39 is 0 Å². The molecule has 0 aromatic carbocycles. The number of nitrogens with one attached hydrogen (secondary N) is 2. The van der Waals surface area contributed by atoms with Gasteiger partial charge in [0.25, 0.3) is 0 Å². The lowest BCUT2D eigenvalue weighted by molar-refractivity contribution is -0.124.